The Labute approximate surface area is 94.7 Å². The van der Waals surface area contributed by atoms with E-state index in [9.17, 15) is 4.79 Å². The second kappa shape index (κ2) is 4.45. The summed E-state index contributed by atoms with van der Waals surface area (Å²) < 4.78 is 0. The fraction of sp³-hybridized carbons (Fsp3) is 0.583. The van der Waals surface area contributed by atoms with Gasteiger partial charge in [0.05, 0.1) is 5.54 Å². The van der Waals surface area contributed by atoms with Crippen molar-refractivity contribution in [1.82, 2.24) is 5.32 Å². The zero-order valence-electron chi connectivity index (χ0n) is 9.08. The van der Waals surface area contributed by atoms with Gasteiger partial charge in [-0.3, -0.25) is 4.79 Å². The molecule has 0 aliphatic heterocycles. The first-order valence-corrected chi connectivity index (χ1v) is 6.49. The first-order chi connectivity index (χ1) is 7.28. The monoisotopic (exact) mass is 223 g/mol. The number of ketones is 1. The SMILES string of the molecule is CNC1(C(=O)c2ccsc2)CCCCC1. The first kappa shape index (κ1) is 10.8. The summed E-state index contributed by atoms with van der Waals surface area (Å²) in [6.45, 7) is 0. The van der Waals surface area contributed by atoms with Gasteiger partial charge in [-0.2, -0.15) is 11.3 Å². The maximum atomic E-state index is 12.4. The van der Waals surface area contributed by atoms with E-state index in [0.29, 0.717) is 0 Å². The maximum Gasteiger partial charge on any atom is 0.183 e. The van der Waals surface area contributed by atoms with Gasteiger partial charge in [0, 0.05) is 10.9 Å². The highest BCUT2D eigenvalue weighted by Crippen LogP contribution is 2.31. The van der Waals surface area contributed by atoms with Gasteiger partial charge in [0.2, 0.25) is 0 Å². The van der Waals surface area contributed by atoms with Crippen LogP contribution in [0.3, 0.4) is 0 Å². The van der Waals surface area contributed by atoms with Crippen LogP contribution >= 0.6 is 11.3 Å². The molecule has 1 aliphatic rings. The Morgan fingerprint density at radius 3 is 2.67 bits per heavy atom. The second-order valence-electron chi connectivity index (χ2n) is 4.23. The van der Waals surface area contributed by atoms with Crippen molar-refractivity contribution in [3.8, 4) is 0 Å². The molecule has 82 valence electrons. The van der Waals surface area contributed by atoms with E-state index in [4.69, 9.17) is 0 Å². The Kier molecular flexibility index (Phi) is 3.22. The van der Waals surface area contributed by atoms with Crippen molar-refractivity contribution in [2.45, 2.75) is 37.6 Å². The molecule has 0 radical (unpaired) electrons. The van der Waals surface area contributed by atoms with E-state index in [1.165, 1.54) is 6.42 Å². The van der Waals surface area contributed by atoms with Gasteiger partial charge in [0.15, 0.2) is 5.78 Å². The van der Waals surface area contributed by atoms with Crippen molar-refractivity contribution in [1.29, 1.82) is 0 Å². The van der Waals surface area contributed by atoms with Crippen LogP contribution in [0.1, 0.15) is 42.5 Å². The maximum absolute atomic E-state index is 12.4. The molecule has 1 aromatic rings. The van der Waals surface area contributed by atoms with Crippen LogP contribution < -0.4 is 5.32 Å². The smallest absolute Gasteiger partial charge is 0.183 e. The number of carbonyl (C=O) groups is 1. The van der Waals surface area contributed by atoms with Gasteiger partial charge in [-0.05, 0) is 31.3 Å². The minimum absolute atomic E-state index is 0.278. The van der Waals surface area contributed by atoms with Gasteiger partial charge >= 0.3 is 0 Å². The average Bonchev–Trinajstić information content (AvgIpc) is 2.82. The summed E-state index contributed by atoms with van der Waals surface area (Å²) >= 11 is 1.59. The van der Waals surface area contributed by atoms with Crippen LogP contribution in [0.2, 0.25) is 0 Å². The van der Waals surface area contributed by atoms with Crippen molar-refractivity contribution in [3.63, 3.8) is 0 Å². The predicted molar refractivity (Wildman–Crippen MR) is 63.5 cm³/mol. The van der Waals surface area contributed by atoms with Crippen molar-refractivity contribution in [2.24, 2.45) is 0 Å². The number of carbonyl (C=O) groups excluding carboxylic acids is 1. The number of thiophene rings is 1. The molecular weight excluding hydrogens is 206 g/mol. The molecule has 2 nitrogen and oxygen atoms in total. The molecule has 0 spiro atoms. The molecule has 3 heteroatoms. The molecular formula is C12H17NOS. The normalized spacial score (nSPS) is 20.1. The molecule has 1 N–H and O–H groups in total. The fourth-order valence-electron chi connectivity index (χ4n) is 2.42. The Hall–Kier alpha value is -0.670. The summed E-state index contributed by atoms with van der Waals surface area (Å²) in [6, 6.07) is 1.93. The van der Waals surface area contributed by atoms with Crippen molar-refractivity contribution in [2.75, 3.05) is 7.05 Å². The number of Topliss-reactive ketones (excluding diaryl/α,β-unsaturated/α-hetero) is 1. The lowest BCUT2D eigenvalue weighted by atomic mass is 9.77. The molecule has 0 unspecified atom stereocenters. The van der Waals surface area contributed by atoms with Crippen molar-refractivity contribution in [3.05, 3.63) is 22.4 Å². The third-order valence-corrected chi connectivity index (χ3v) is 4.09. The van der Waals surface area contributed by atoms with Crippen LogP contribution in [0, 0.1) is 0 Å². The summed E-state index contributed by atoms with van der Waals surface area (Å²) in [7, 11) is 1.91. The lowest BCUT2D eigenvalue weighted by Crippen LogP contribution is -2.51. The summed E-state index contributed by atoms with van der Waals surface area (Å²) in [5, 5.41) is 7.19. The van der Waals surface area contributed by atoms with E-state index < -0.39 is 0 Å². The van der Waals surface area contributed by atoms with Crippen LogP contribution in [0.5, 0.6) is 0 Å². The van der Waals surface area contributed by atoms with Gasteiger partial charge in [0.25, 0.3) is 0 Å². The van der Waals surface area contributed by atoms with E-state index in [-0.39, 0.29) is 11.3 Å². The summed E-state index contributed by atoms with van der Waals surface area (Å²) in [5.41, 5.74) is 0.593. The second-order valence-corrected chi connectivity index (χ2v) is 5.01. The predicted octanol–water partition coefficient (Wildman–Crippen LogP) is 2.85. The lowest BCUT2D eigenvalue weighted by molar-refractivity contribution is 0.0807. The number of nitrogens with one attached hydrogen (secondary N) is 1. The number of hydrogen-bond donors (Lipinski definition) is 1. The summed E-state index contributed by atoms with van der Waals surface area (Å²) in [6.07, 6.45) is 5.56. The molecule has 0 saturated heterocycles. The van der Waals surface area contributed by atoms with Crippen LogP contribution in [-0.4, -0.2) is 18.4 Å². The van der Waals surface area contributed by atoms with Crippen LogP contribution in [0.15, 0.2) is 16.8 Å². The highest BCUT2D eigenvalue weighted by Gasteiger charge is 2.38. The Morgan fingerprint density at radius 1 is 1.40 bits per heavy atom. The zero-order chi connectivity index (χ0) is 10.7. The molecule has 0 aromatic carbocycles. The highest BCUT2D eigenvalue weighted by atomic mass is 32.1. The number of rotatable bonds is 3. The Bertz CT molecular complexity index is 325. The average molecular weight is 223 g/mol. The standard InChI is InChI=1S/C12H17NOS/c1-13-12(6-3-2-4-7-12)11(14)10-5-8-15-9-10/h5,8-9,13H,2-4,6-7H2,1H3. The topological polar surface area (TPSA) is 29.1 Å². The van der Waals surface area contributed by atoms with Crippen molar-refractivity contribution < 1.29 is 4.79 Å². The molecule has 1 aromatic heterocycles. The van der Waals surface area contributed by atoms with E-state index in [1.54, 1.807) is 11.3 Å². The highest BCUT2D eigenvalue weighted by molar-refractivity contribution is 7.08. The summed E-state index contributed by atoms with van der Waals surface area (Å²) in [5.74, 6) is 0.283. The Balaban J connectivity index is 2.22. The molecule has 1 heterocycles. The van der Waals surface area contributed by atoms with Gasteiger partial charge in [-0.1, -0.05) is 19.3 Å². The number of hydrogen-bond acceptors (Lipinski definition) is 3. The van der Waals surface area contributed by atoms with Crippen LogP contribution in [-0.2, 0) is 0 Å². The quantitative estimate of drug-likeness (QED) is 0.798. The van der Waals surface area contributed by atoms with Gasteiger partial charge in [-0.25, -0.2) is 0 Å². The lowest BCUT2D eigenvalue weighted by Gasteiger charge is -2.35. The van der Waals surface area contributed by atoms with Crippen LogP contribution in [0.25, 0.3) is 0 Å². The minimum Gasteiger partial charge on any atom is -0.308 e. The molecule has 0 bridgehead atoms. The number of likely N-dealkylation sites (N-methyl/N-ethyl adjacent to an activating group) is 1. The van der Waals surface area contributed by atoms with Crippen molar-refractivity contribution >= 4 is 17.1 Å². The molecule has 1 fully saturated rings. The van der Waals surface area contributed by atoms with E-state index in [1.807, 2.05) is 23.9 Å². The molecule has 0 atom stereocenters. The fourth-order valence-corrected chi connectivity index (χ4v) is 3.05. The molecule has 1 aliphatic carbocycles. The molecule has 15 heavy (non-hydrogen) atoms. The van der Waals surface area contributed by atoms with E-state index >= 15 is 0 Å². The van der Waals surface area contributed by atoms with E-state index in [2.05, 4.69) is 5.32 Å². The van der Waals surface area contributed by atoms with Gasteiger partial charge in [-0.15, -0.1) is 0 Å². The van der Waals surface area contributed by atoms with E-state index in [0.717, 1.165) is 31.2 Å². The third-order valence-electron chi connectivity index (χ3n) is 3.40. The van der Waals surface area contributed by atoms with Gasteiger partial charge in [0.1, 0.15) is 0 Å². The zero-order valence-corrected chi connectivity index (χ0v) is 9.90. The minimum atomic E-state index is -0.278. The summed E-state index contributed by atoms with van der Waals surface area (Å²) in [4.78, 5) is 12.4. The van der Waals surface area contributed by atoms with Gasteiger partial charge < -0.3 is 5.32 Å². The first-order valence-electron chi connectivity index (χ1n) is 5.54. The third kappa shape index (κ3) is 1.99. The molecule has 2 rings (SSSR count). The largest absolute Gasteiger partial charge is 0.308 e. The molecule has 0 amide bonds. The molecule has 1 saturated carbocycles. The Morgan fingerprint density at radius 2 is 2.13 bits per heavy atom. The van der Waals surface area contributed by atoms with Crippen LogP contribution in [0.4, 0.5) is 0 Å².